The van der Waals surface area contributed by atoms with Crippen LogP contribution in [-0.4, -0.2) is 0 Å². The Balaban J connectivity index is 2.20. The van der Waals surface area contributed by atoms with Crippen LogP contribution < -0.4 is 0 Å². The van der Waals surface area contributed by atoms with Gasteiger partial charge in [-0.15, -0.1) is 0 Å². The molecule has 0 nitrogen and oxygen atoms in total. The lowest BCUT2D eigenvalue weighted by Crippen LogP contribution is -1.72. The molecule has 0 saturated heterocycles. The highest BCUT2D eigenvalue weighted by Crippen LogP contribution is 2.43. The minimum absolute atomic E-state index is 0.919. The van der Waals surface area contributed by atoms with Crippen molar-refractivity contribution >= 4 is 0 Å². The van der Waals surface area contributed by atoms with Gasteiger partial charge in [0.1, 0.15) is 0 Å². The first-order valence-corrected chi connectivity index (χ1v) is 3.70. The fourth-order valence-corrected chi connectivity index (χ4v) is 1.51. The van der Waals surface area contributed by atoms with E-state index in [9.17, 15) is 0 Å². The van der Waals surface area contributed by atoms with E-state index in [1.54, 1.807) is 5.57 Å². The lowest BCUT2D eigenvalue weighted by atomic mass is 10.2. The van der Waals surface area contributed by atoms with Crippen LogP contribution >= 0.6 is 0 Å². The molecule has 0 unspecified atom stereocenters. The average molecular weight is 120 g/mol. The highest BCUT2D eigenvalue weighted by molar-refractivity contribution is 5.20. The fraction of sp³-hybridized carbons (Fsp3) is 0.556. The maximum absolute atomic E-state index is 2.44. The third-order valence-corrected chi connectivity index (χ3v) is 2.21. The summed E-state index contributed by atoms with van der Waals surface area (Å²) in [5.74, 6) is 1.84. The first-order valence-electron chi connectivity index (χ1n) is 3.70. The maximum atomic E-state index is 2.44. The standard InChI is InChI=1S/C9H12/c1-7-3-2-4-8-6-9(8)5-7/h2,4-5,8-9H,3,6H2,1H3/t8-,9+/m0/s1. The Labute approximate surface area is 56.3 Å². The molecule has 2 rings (SSSR count). The van der Waals surface area contributed by atoms with Crippen molar-refractivity contribution in [2.75, 3.05) is 0 Å². The van der Waals surface area contributed by atoms with Crippen LogP contribution in [0.1, 0.15) is 19.8 Å². The highest BCUT2D eigenvalue weighted by atomic mass is 14.4. The summed E-state index contributed by atoms with van der Waals surface area (Å²) in [5, 5.41) is 0. The van der Waals surface area contributed by atoms with E-state index >= 15 is 0 Å². The van der Waals surface area contributed by atoms with E-state index in [4.69, 9.17) is 0 Å². The molecule has 0 aromatic rings. The SMILES string of the molecule is CC1=C[C@@H]2C[C@@H]2C=CC1. The Bertz CT molecular complexity index is 174. The zero-order valence-electron chi connectivity index (χ0n) is 5.80. The van der Waals surface area contributed by atoms with Gasteiger partial charge >= 0.3 is 0 Å². The molecule has 48 valence electrons. The minimum atomic E-state index is 0.919. The predicted molar refractivity (Wildman–Crippen MR) is 39.1 cm³/mol. The molecular formula is C9H12. The van der Waals surface area contributed by atoms with Crippen molar-refractivity contribution in [1.29, 1.82) is 0 Å². The number of allylic oxidation sites excluding steroid dienone is 4. The van der Waals surface area contributed by atoms with Gasteiger partial charge in [-0.1, -0.05) is 23.8 Å². The summed E-state index contributed by atoms with van der Waals surface area (Å²) < 4.78 is 0. The topological polar surface area (TPSA) is 0 Å². The summed E-state index contributed by atoms with van der Waals surface area (Å²) in [5.41, 5.74) is 1.55. The zero-order chi connectivity index (χ0) is 6.27. The Hall–Kier alpha value is -0.520. The summed E-state index contributed by atoms with van der Waals surface area (Å²) in [7, 11) is 0. The molecule has 0 heterocycles. The smallest absolute Gasteiger partial charge is 0.0141 e. The lowest BCUT2D eigenvalue weighted by molar-refractivity contribution is 0.993. The molecule has 2 aliphatic rings. The van der Waals surface area contributed by atoms with Gasteiger partial charge in [-0.3, -0.25) is 0 Å². The molecule has 0 amide bonds. The fourth-order valence-electron chi connectivity index (χ4n) is 1.51. The van der Waals surface area contributed by atoms with E-state index in [1.165, 1.54) is 12.8 Å². The van der Waals surface area contributed by atoms with Gasteiger partial charge in [-0.05, 0) is 31.6 Å². The van der Waals surface area contributed by atoms with Crippen LogP contribution in [0, 0.1) is 11.8 Å². The second-order valence-corrected chi connectivity index (χ2v) is 3.21. The van der Waals surface area contributed by atoms with Crippen LogP contribution in [0.3, 0.4) is 0 Å². The van der Waals surface area contributed by atoms with Gasteiger partial charge in [0, 0.05) is 0 Å². The van der Waals surface area contributed by atoms with E-state index in [0.29, 0.717) is 0 Å². The first-order chi connectivity index (χ1) is 4.36. The lowest BCUT2D eigenvalue weighted by Gasteiger charge is -1.89. The summed E-state index contributed by atoms with van der Waals surface area (Å²) in [6.45, 7) is 2.23. The van der Waals surface area contributed by atoms with Gasteiger partial charge in [0.05, 0.1) is 0 Å². The van der Waals surface area contributed by atoms with Crippen molar-refractivity contribution in [3.8, 4) is 0 Å². The molecule has 0 N–H and O–H groups in total. The van der Waals surface area contributed by atoms with Gasteiger partial charge < -0.3 is 0 Å². The summed E-state index contributed by atoms with van der Waals surface area (Å²) in [6, 6.07) is 0. The third kappa shape index (κ3) is 0.937. The first kappa shape index (κ1) is 5.28. The van der Waals surface area contributed by atoms with Gasteiger partial charge in [-0.25, -0.2) is 0 Å². The van der Waals surface area contributed by atoms with Gasteiger partial charge in [-0.2, -0.15) is 0 Å². The minimum Gasteiger partial charge on any atom is -0.0845 e. The second-order valence-electron chi connectivity index (χ2n) is 3.21. The van der Waals surface area contributed by atoms with Crippen molar-refractivity contribution in [2.24, 2.45) is 11.8 Å². The molecule has 2 aliphatic carbocycles. The Kier molecular flexibility index (Phi) is 1.01. The monoisotopic (exact) mass is 120 g/mol. The van der Waals surface area contributed by atoms with E-state index in [1.807, 2.05) is 0 Å². The molecule has 0 aromatic heterocycles. The normalized spacial score (nSPS) is 39.0. The summed E-state index contributed by atoms with van der Waals surface area (Å²) in [4.78, 5) is 0. The molecule has 0 bridgehead atoms. The molecule has 1 saturated carbocycles. The van der Waals surface area contributed by atoms with Gasteiger partial charge in [0.15, 0.2) is 0 Å². The second kappa shape index (κ2) is 1.73. The van der Waals surface area contributed by atoms with Crippen molar-refractivity contribution in [1.82, 2.24) is 0 Å². The molecule has 0 radical (unpaired) electrons. The number of hydrogen-bond acceptors (Lipinski definition) is 0. The molecular weight excluding hydrogens is 108 g/mol. The average Bonchev–Trinajstić information content (AvgIpc) is 2.43. The van der Waals surface area contributed by atoms with E-state index in [2.05, 4.69) is 25.2 Å². The number of fused-ring (bicyclic) bond motifs is 1. The van der Waals surface area contributed by atoms with Gasteiger partial charge in [0.2, 0.25) is 0 Å². The molecule has 9 heavy (non-hydrogen) atoms. The molecule has 0 spiro atoms. The van der Waals surface area contributed by atoms with Crippen LogP contribution in [0.4, 0.5) is 0 Å². The summed E-state index contributed by atoms with van der Waals surface area (Å²) >= 11 is 0. The Morgan fingerprint density at radius 3 is 3.22 bits per heavy atom. The molecule has 2 atom stereocenters. The van der Waals surface area contributed by atoms with E-state index in [0.717, 1.165) is 11.8 Å². The van der Waals surface area contributed by atoms with Gasteiger partial charge in [0.25, 0.3) is 0 Å². The molecule has 1 fully saturated rings. The van der Waals surface area contributed by atoms with Crippen molar-refractivity contribution < 1.29 is 0 Å². The quantitative estimate of drug-likeness (QED) is 0.431. The maximum Gasteiger partial charge on any atom is -0.0141 e. The largest absolute Gasteiger partial charge is 0.0845 e. The Morgan fingerprint density at radius 2 is 2.33 bits per heavy atom. The van der Waals surface area contributed by atoms with E-state index in [-0.39, 0.29) is 0 Å². The van der Waals surface area contributed by atoms with Crippen LogP contribution in [-0.2, 0) is 0 Å². The predicted octanol–water partition coefficient (Wildman–Crippen LogP) is 2.53. The van der Waals surface area contributed by atoms with Crippen molar-refractivity contribution in [3.63, 3.8) is 0 Å². The number of rotatable bonds is 0. The van der Waals surface area contributed by atoms with Crippen LogP contribution in [0.5, 0.6) is 0 Å². The van der Waals surface area contributed by atoms with E-state index < -0.39 is 0 Å². The molecule has 0 aromatic carbocycles. The highest BCUT2D eigenvalue weighted by Gasteiger charge is 2.33. The molecule has 0 heteroatoms. The van der Waals surface area contributed by atoms with Crippen molar-refractivity contribution in [2.45, 2.75) is 19.8 Å². The summed E-state index contributed by atoms with van der Waals surface area (Å²) in [6.07, 6.45) is 9.71. The van der Waals surface area contributed by atoms with Crippen LogP contribution in [0.15, 0.2) is 23.8 Å². The van der Waals surface area contributed by atoms with Crippen molar-refractivity contribution in [3.05, 3.63) is 23.8 Å². The third-order valence-electron chi connectivity index (χ3n) is 2.21. The molecule has 0 aliphatic heterocycles. The van der Waals surface area contributed by atoms with Crippen LogP contribution in [0.25, 0.3) is 0 Å². The van der Waals surface area contributed by atoms with Crippen LogP contribution in [0.2, 0.25) is 0 Å². The number of hydrogen-bond donors (Lipinski definition) is 0. The zero-order valence-corrected chi connectivity index (χ0v) is 5.80. The Morgan fingerprint density at radius 1 is 1.44 bits per heavy atom.